The van der Waals surface area contributed by atoms with Crippen LogP contribution in [0.5, 0.6) is 11.5 Å². The molecule has 122 valence electrons. The minimum atomic E-state index is -0.305. The summed E-state index contributed by atoms with van der Waals surface area (Å²) in [4.78, 5) is 24.1. The fraction of sp³-hybridized carbons (Fsp3) is 0.200. The first-order chi connectivity index (χ1) is 11.0. The molecule has 0 aliphatic heterocycles. The van der Waals surface area contributed by atoms with Crippen molar-refractivity contribution in [2.24, 2.45) is 0 Å². The number of ether oxygens (including phenoxy) is 1. The third kappa shape index (κ3) is 4.97. The molecular weight excluding hydrogens is 384 g/mol. The number of phenols is 1. The van der Waals surface area contributed by atoms with E-state index in [9.17, 15) is 14.7 Å². The van der Waals surface area contributed by atoms with Crippen LogP contribution in [0, 0.1) is 0 Å². The van der Waals surface area contributed by atoms with E-state index in [-0.39, 0.29) is 30.7 Å². The van der Waals surface area contributed by atoms with E-state index in [1.165, 1.54) is 24.5 Å². The minimum absolute atomic E-state index is 0.0388. The molecule has 8 heteroatoms. The van der Waals surface area contributed by atoms with Crippen LogP contribution in [-0.2, 0) is 11.3 Å². The van der Waals surface area contributed by atoms with Crippen LogP contribution in [0.15, 0.2) is 34.1 Å². The molecule has 2 amide bonds. The summed E-state index contributed by atoms with van der Waals surface area (Å²) in [6, 6.07) is 8.27. The third-order valence-electron chi connectivity index (χ3n) is 2.94. The molecule has 3 N–H and O–H groups in total. The van der Waals surface area contributed by atoms with E-state index in [0.717, 1.165) is 9.35 Å². The number of methoxy groups -OCH3 is 1. The summed E-state index contributed by atoms with van der Waals surface area (Å²) in [6.45, 7) is 0.166. The second-order valence-electron chi connectivity index (χ2n) is 4.57. The normalized spacial score (nSPS) is 10.2. The van der Waals surface area contributed by atoms with Gasteiger partial charge in [0, 0.05) is 6.54 Å². The monoisotopic (exact) mass is 398 g/mol. The Kier molecular flexibility index (Phi) is 6.00. The Morgan fingerprint density at radius 1 is 1.26 bits per heavy atom. The number of benzene rings is 1. The van der Waals surface area contributed by atoms with E-state index in [1.54, 1.807) is 24.3 Å². The van der Waals surface area contributed by atoms with Crippen LogP contribution in [0.1, 0.15) is 15.2 Å². The van der Waals surface area contributed by atoms with Crippen molar-refractivity contribution in [3.63, 3.8) is 0 Å². The molecule has 0 aliphatic carbocycles. The van der Waals surface area contributed by atoms with Crippen LogP contribution in [0.4, 0.5) is 0 Å². The van der Waals surface area contributed by atoms with E-state index in [1.807, 2.05) is 0 Å². The first-order valence-corrected chi connectivity index (χ1v) is 8.26. The SMILES string of the molecule is COc1cc(CNC(=O)CNC(=O)c2ccc(Br)s2)ccc1O. The lowest BCUT2D eigenvalue weighted by atomic mass is 10.2. The first-order valence-electron chi connectivity index (χ1n) is 6.65. The summed E-state index contributed by atoms with van der Waals surface area (Å²) in [5.41, 5.74) is 0.779. The van der Waals surface area contributed by atoms with Crippen molar-refractivity contribution in [3.05, 3.63) is 44.6 Å². The van der Waals surface area contributed by atoms with Gasteiger partial charge < -0.3 is 20.5 Å². The average molecular weight is 399 g/mol. The van der Waals surface area contributed by atoms with Gasteiger partial charge in [-0.15, -0.1) is 11.3 Å². The van der Waals surface area contributed by atoms with Crippen LogP contribution in [-0.4, -0.2) is 30.6 Å². The lowest BCUT2D eigenvalue weighted by Gasteiger charge is -2.08. The molecule has 0 aliphatic rings. The third-order valence-corrected chi connectivity index (χ3v) is 4.56. The number of hydrogen-bond acceptors (Lipinski definition) is 5. The van der Waals surface area contributed by atoms with E-state index in [4.69, 9.17) is 4.74 Å². The van der Waals surface area contributed by atoms with Gasteiger partial charge in [-0.1, -0.05) is 6.07 Å². The van der Waals surface area contributed by atoms with Crippen LogP contribution < -0.4 is 15.4 Å². The number of halogens is 1. The molecule has 0 bridgehead atoms. The van der Waals surface area contributed by atoms with Crippen molar-refractivity contribution in [1.82, 2.24) is 10.6 Å². The average Bonchev–Trinajstić information content (AvgIpc) is 2.98. The molecule has 0 spiro atoms. The predicted octanol–water partition coefficient (Wildman–Crippen LogP) is 2.27. The molecule has 1 aromatic carbocycles. The molecule has 0 atom stereocenters. The van der Waals surface area contributed by atoms with Crippen LogP contribution >= 0.6 is 27.3 Å². The topological polar surface area (TPSA) is 87.7 Å². The van der Waals surface area contributed by atoms with Gasteiger partial charge in [0.25, 0.3) is 5.91 Å². The number of amides is 2. The molecule has 6 nitrogen and oxygen atoms in total. The molecule has 23 heavy (non-hydrogen) atoms. The van der Waals surface area contributed by atoms with Gasteiger partial charge in [-0.25, -0.2) is 0 Å². The second kappa shape index (κ2) is 7.98. The van der Waals surface area contributed by atoms with Crippen LogP contribution in [0.25, 0.3) is 0 Å². The maximum atomic E-state index is 11.8. The first kappa shape index (κ1) is 17.3. The van der Waals surface area contributed by atoms with E-state index in [0.29, 0.717) is 10.6 Å². The number of carbonyl (C=O) groups excluding carboxylic acids is 2. The van der Waals surface area contributed by atoms with E-state index >= 15 is 0 Å². The molecule has 0 saturated heterocycles. The number of rotatable bonds is 6. The highest BCUT2D eigenvalue weighted by atomic mass is 79.9. The zero-order chi connectivity index (χ0) is 16.8. The van der Waals surface area contributed by atoms with Crippen LogP contribution in [0.3, 0.4) is 0 Å². The van der Waals surface area contributed by atoms with Crippen molar-refractivity contribution >= 4 is 39.1 Å². The van der Waals surface area contributed by atoms with Gasteiger partial charge >= 0.3 is 0 Å². The quantitative estimate of drug-likeness (QED) is 0.696. The van der Waals surface area contributed by atoms with E-state index in [2.05, 4.69) is 26.6 Å². The fourth-order valence-electron chi connectivity index (χ4n) is 1.78. The Morgan fingerprint density at radius 3 is 2.70 bits per heavy atom. The minimum Gasteiger partial charge on any atom is -0.504 e. The summed E-state index contributed by atoms with van der Waals surface area (Å²) in [5, 5.41) is 14.7. The maximum absolute atomic E-state index is 11.8. The molecule has 1 heterocycles. The number of nitrogens with one attached hydrogen (secondary N) is 2. The van der Waals surface area contributed by atoms with Gasteiger partial charge in [0.05, 0.1) is 22.3 Å². The number of phenolic OH excluding ortho intramolecular Hbond substituents is 1. The lowest BCUT2D eigenvalue weighted by molar-refractivity contribution is -0.120. The van der Waals surface area contributed by atoms with Gasteiger partial charge in [-0.3, -0.25) is 9.59 Å². The summed E-state index contributed by atoms with van der Waals surface area (Å²) >= 11 is 4.58. The second-order valence-corrected chi connectivity index (χ2v) is 7.03. The molecule has 2 rings (SSSR count). The lowest BCUT2D eigenvalue weighted by Crippen LogP contribution is -2.36. The fourth-order valence-corrected chi connectivity index (χ4v) is 3.08. The smallest absolute Gasteiger partial charge is 0.261 e. The number of thiophene rings is 1. The predicted molar refractivity (Wildman–Crippen MR) is 90.9 cm³/mol. The highest BCUT2D eigenvalue weighted by molar-refractivity contribution is 9.11. The molecule has 0 fully saturated rings. The summed E-state index contributed by atoms with van der Waals surface area (Å²) in [6.07, 6.45) is 0. The molecule has 0 unspecified atom stereocenters. The highest BCUT2D eigenvalue weighted by Crippen LogP contribution is 2.26. The van der Waals surface area contributed by atoms with Crippen molar-refractivity contribution in [3.8, 4) is 11.5 Å². The molecule has 1 aromatic heterocycles. The van der Waals surface area contributed by atoms with Gasteiger partial charge in [0.15, 0.2) is 11.5 Å². The largest absolute Gasteiger partial charge is 0.504 e. The maximum Gasteiger partial charge on any atom is 0.261 e. The Bertz CT molecular complexity index is 717. The van der Waals surface area contributed by atoms with Crippen molar-refractivity contribution in [2.75, 3.05) is 13.7 Å². The molecular formula is C15H15BrN2O4S. The summed E-state index contributed by atoms with van der Waals surface area (Å²) in [7, 11) is 1.45. The number of aromatic hydroxyl groups is 1. The zero-order valence-electron chi connectivity index (χ0n) is 12.3. The van der Waals surface area contributed by atoms with Gasteiger partial charge in [0.2, 0.25) is 5.91 Å². The zero-order valence-corrected chi connectivity index (χ0v) is 14.7. The van der Waals surface area contributed by atoms with Gasteiger partial charge in [-0.2, -0.15) is 0 Å². The molecule has 0 saturated carbocycles. The molecule has 2 aromatic rings. The van der Waals surface area contributed by atoms with Crippen molar-refractivity contribution in [2.45, 2.75) is 6.54 Å². The Labute approximate surface area is 145 Å². The van der Waals surface area contributed by atoms with Gasteiger partial charge in [0.1, 0.15) is 0 Å². The number of hydrogen-bond donors (Lipinski definition) is 3. The van der Waals surface area contributed by atoms with Crippen molar-refractivity contribution < 1.29 is 19.4 Å². The molecule has 0 radical (unpaired) electrons. The Balaban J connectivity index is 1.80. The van der Waals surface area contributed by atoms with Gasteiger partial charge in [-0.05, 0) is 45.8 Å². The number of carbonyl (C=O) groups is 2. The van der Waals surface area contributed by atoms with Crippen LogP contribution in [0.2, 0.25) is 0 Å². The standard InChI is InChI=1S/C15H15BrN2O4S/c1-22-11-6-9(2-3-10(11)19)7-17-14(20)8-18-15(21)12-4-5-13(16)23-12/h2-6,19H,7-8H2,1H3,(H,17,20)(H,18,21). The Hall–Kier alpha value is -2.06. The van der Waals surface area contributed by atoms with Crippen molar-refractivity contribution in [1.29, 1.82) is 0 Å². The summed E-state index contributed by atoms with van der Waals surface area (Å²) < 4.78 is 5.85. The van der Waals surface area contributed by atoms with E-state index < -0.39 is 0 Å². The summed E-state index contributed by atoms with van der Waals surface area (Å²) in [5.74, 6) is -0.214. The highest BCUT2D eigenvalue weighted by Gasteiger charge is 2.10. The Morgan fingerprint density at radius 2 is 2.04 bits per heavy atom.